The van der Waals surface area contributed by atoms with Crippen molar-refractivity contribution >= 4 is 15.8 Å². The van der Waals surface area contributed by atoms with Crippen LogP contribution in [0.5, 0.6) is 0 Å². The molecule has 1 saturated carbocycles. The van der Waals surface area contributed by atoms with E-state index in [9.17, 15) is 13.2 Å². The zero-order valence-corrected chi connectivity index (χ0v) is 11.5. The highest BCUT2D eigenvalue weighted by molar-refractivity contribution is 7.92. The Morgan fingerprint density at radius 1 is 1.24 bits per heavy atom. The van der Waals surface area contributed by atoms with Gasteiger partial charge in [-0.3, -0.25) is 4.79 Å². The van der Waals surface area contributed by atoms with Crippen molar-refractivity contribution in [3.05, 3.63) is 0 Å². The lowest BCUT2D eigenvalue weighted by Gasteiger charge is -2.31. The third-order valence-electron chi connectivity index (χ3n) is 3.55. The van der Waals surface area contributed by atoms with Crippen LogP contribution in [0.15, 0.2) is 0 Å². The van der Waals surface area contributed by atoms with E-state index in [0.29, 0.717) is 24.7 Å². The molecule has 1 fully saturated rings. The molecule has 0 amide bonds. The largest absolute Gasteiger partial charge is 0.481 e. The van der Waals surface area contributed by atoms with Gasteiger partial charge in [-0.15, -0.1) is 0 Å². The first kappa shape index (κ1) is 14.5. The van der Waals surface area contributed by atoms with Gasteiger partial charge in [0.25, 0.3) is 0 Å². The van der Waals surface area contributed by atoms with Crippen LogP contribution in [0.2, 0.25) is 0 Å². The van der Waals surface area contributed by atoms with E-state index < -0.39 is 21.7 Å². The average molecular weight is 262 g/mol. The number of carboxylic acid groups (broad SMARTS) is 1. The Hall–Kier alpha value is -0.580. The SMILES string of the molecule is CC1CC(C)CC(S(=O)(=O)CC(C)C(=O)O)C1. The summed E-state index contributed by atoms with van der Waals surface area (Å²) in [5.41, 5.74) is 0. The number of aliphatic carboxylic acids is 1. The molecule has 0 aromatic carbocycles. The van der Waals surface area contributed by atoms with Gasteiger partial charge in [0, 0.05) is 0 Å². The molecular weight excluding hydrogens is 240 g/mol. The molecule has 0 aliphatic heterocycles. The summed E-state index contributed by atoms with van der Waals surface area (Å²) in [6.07, 6.45) is 2.43. The minimum atomic E-state index is -3.27. The Morgan fingerprint density at radius 3 is 2.12 bits per heavy atom. The van der Waals surface area contributed by atoms with Crippen LogP contribution < -0.4 is 0 Å². The fraction of sp³-hybridized carbons (Fsp3) is 0.917. The number of carbonyl (C=O) groups is 1. The highest BCUT2D eigenvalue weighted by atomic mass is 32.2. The molecule has 100 valence electrons. The van der Waals surface area contributed by atoms with Crippen LogP contribution in [0.4, 0.5) is 0 Å². The zero-order valence-electron chi connectivity index (χ0n) is 10.7. The second-order valence-electron chi connectivity index (χ2n) is 5.61. The maximum absolute atomic E-state index is 12.1. The van der Waals surface area contributed by atoms with E-state index >= 15 is 0 Å². The maximum Gasteiger partial charge on any atom is 0.307 e. The van der Waals surface area contributed by atoms with Crippen molar-refractivity contribution in [3.8, 4) is 0 Å². The van der Waals surface area contributed by atoms with Crippen molar-refractivity contribution in [1.29, 1.82) is 0 Å². The average Bonchev–Trinajstić information content (AvgIpc) is 2.15. The van der Waals surface area contributed by atoms with Crippen LogP contribution in [0.25, 0.3) is 0 Å². The van der Waals surface area contributed by atoms with E-state index in [-0.39, 0.29) is 11.0 Å². The van der Waals surface area contributed by atoms with Gasteiger partial charge in [0.05, 0.1) is 16.9 Å². The summed E-state index contributed by atoms with van der Waals surface area (Å²) in [6.45, 7) is 5.59. The van der Waals surface area contributed by atoms with E-state index in [4.69, 9.17) is 5.11 Å². The topological polar surface area (TPSA) is 71.4 Å². The van der Waals surface area contributed by atoms with Crippen molar-refractivity contribution in [2.75, 3.05) is 5.75 Å². The predicted octanol–water partition coefficient (Wildman–Crippen LogP) is 1.95. The van der Waals surface area contributed by atoms with Crippen molar-refractivity contribution < 1.29 is 18.3 Å². The van der Waals surface area contributed by atoms with E-state index in [1.54, 1.807) is 0 Å². The number of sulfone groups is 1. The second-order valence-corrected chi connectivity index (χ2v) is 7.93. The first-order valence-corrected chi connectivity index (χ1v) is 7.88. The van der Waals surface area contributed by atoms with E-state index in [1.807, 2.05) is 0 Å². The Kier molecular flexibility index (Phi) is 4.58. The van der Waals surface area contributed by atoms with Crippen LogP contribution in [-0.4, -0.2) is 30.5 Å². The molecule has 17 heavy (non-hydrogen) atoms. The van der Waals surface area contributed by atoms with Gasteiger partial charge < -0.3 is 5.11 Å². The maximum atomic E-state index is 12.1. The van der Waals surface area contributed by atoms with Crippen LogP contribution in [0, 0.1) is 17.8 Å². The second kappa shape index (κ2) is 5.38. The lowest BCUT2D eigenvalue weighted by molar-refractivity contribution is -0.140. The van der Waals surface area contributed by atoms with Gasteiger partial charge in [0.15, 0.2) is 9.84 Å². The summed E-state index contributed by atoms with van der Waals surface area (Å²) in [5, 5.41) is 8.44. The van der Waals surface area contributed by atoms with E-state index in [1.165, 1.54) is 6.92 Å². The number of carboxylic acids is 1. The van der Waals surface area contributed by atoms with E-state index in [0.717, 1.165) is 6.42 Å². The molecule has 0 heterocycles. The summed E-state index contributed by atoms with van der Waals surface area (Å²) in [4.78, 5) is 10.7. The molecule has 1 N–H and O–H groups in total. The summed E-state index contributed by atoms with van der Waals surface area (Å²) >= 11 is 0. The molecule has 1 rings (SSSR count). The third-order valence-corrected chi connectivity index (χ3v) is 5.91. The molecule has 1 aliphatic carbocycles. The molecule has 0 radical (unpaired) electrons. The van der Waals surface area contributed by atoms with Gasteiger partial charge in [0.2, 0.25) is 0 Å². The summed E-state index contributed by atoms with van der Waals surface area (Å²) in [7, 11) is -3.27. The summed E-state index contributed by atoms with van der Waals surface area (Å²) < 4.78 is 24.3. The molecule has 0 saturated heterocycles. The fourth-order valence-corrected chi connectivity index (χ4v) is 5.08. The number of rotatable bonds is 4. The van der Waals surface area contributed by atoms with Gasteiger partial charge in [-0.2, -0.15) is 0 Å². The van der Waals surface area contributed by atoms with Gasteiger partial charge in [-0.25, -0.2) is 8.42 Å². The van der Waals surface area contributed by atoms with Crippen molar-refractivity contribution in [3.63, 3.8) is 0 Å². The highest BCUT2D eigenvalue weighted by Gasteiger charge is 2.35. The molecular formula is C12H22O4S. The molecule has 0 aromatic heterocycles. The lowest BCUT2D eigenvalue weighted by atomic mass is 9.83. The molecule has 0 spiro atoms. The van der Waals surface area contributed by atoms with Crippen LogP contribution in [-0.2, 0) is 14.6 Å². The summed E-state index contributed by atoms with van der Waals surface area (Å²) in [6, 6.07) is 0. The third kappa shape index (κ3) is 3.98. The first-order chi connectivity index (χ1) is 7.72. The van der Waals surface area contributed by atoms with Crippen molar-refractivity contribution in [2.24, 2.45) is 17.8 Å². The molecule has 3 atom stereocenters. The van der Waals surface area contributed by atoms with Crippen molar-refractivity contribution in [1.82, 2.24) is 0 Å². The quantitative estimate of drug-likeness (QED) is 0.840. The minimum absolute atomic E-state index is 0.230. The zero-order chi connectivity index (χ0) is 13.2. The predicted molar refractivity (Wildman–Crippen MR) is 66.6 cm³/mol. The van der Waals surface area contributed by atoms with Crippen LogP contribution in [0.3, 0.4) is 0 Å². The van der Waals surface area contributed by atoms with Crippen LogP contribution in [0.1, 0.15) is 40.0 Å². The molecule has 3 unspecified atom stereocenters. The standard InChI is InChI=1S/C12H22O4S/c1-8-4-9(2)6-11(5-8)17(15,16)7-10(3)12(13)14/h8-11H,4-7H2,1-3H3,(H,13,14). The smallest absolute Gasteiger partial charge is 0.307 e. The normalized spacial score (nSPS) is 32.1. The highest BCUT2D eigenvalue weighted by Crippen LogP contribution is 2.33. The number of hydrogen-bond donors (Lipinski definition) is 1. The lowest BCUT2D eigenvalue weighted by Crippen LogP contribution is -2.35. The van der Waals surface area contributed by atoms with Crippen molar-refractivity contribution in [2.45, 2.75) is 45.3 Å². The monoisotopic (exact) mass is 262 g/mol. The van der Waals surface area contributed by atoms with Gasteiger partial charge in [-0.1, -0.05) is 20.8 Å². The van der Waals surface area contributed by atoms with Gasteiger partial charge in [0.1, 0.15) is 0 Å². The Morgan fingerprint density at radius 2 is 1.71 bits per heavy atom. The molecule has 4 nitrogen and oxygen atoms in total. The summed E-state index contributed by atoms with van der Waals surface area (Å²) in [5.74, 6) is -1.25. The van der Waals surface area contributed by atoms with Crippen LogP contribution >= 0.6 is 0 Å². The fourth-order valence-electron chi connectivity index (χ4n) is 2.72. The first-order valence-electron chi connectivity index (χ1n) is 6.16. The Labute approximate surface area is 103 Å². The van der Waals surface area contributed by atoms with Gasteiger partial charge in [-0.05, 0) is 31.1 Å². The minimum Gasteiger partial charge on any atom is -0.481 e. The molecule has 0 bridgehead atoms. The number of hydrogen-bond acceptors (Lipinski definition) is 3. The van der Waals surface area contributed by atoms with E-state index in [2.05, 4.69) is 13.8 Å². The molecule has 0 aromatic rings. The van der Waals surface area contributed by atoms with Gasteiger partial charge >= 0.3 is 5.97 Å². The Balaban J connectivity index is 2.73. The molecule has 5 heteroatoms. The Bertz CT molecular complexity index is 364. The molecule has 1 aliphatic rings.